The second kappa shape index (κ2) is 4.63. The van der Waals surface area contributed by atoms with Crippen LogP contribution in [0.5, 0.6) is 0 Å². The predicted octanol–water partition coefficient (Wildman–Crippen LogP) is 2.36. The van der Waals surface area contributed by atoms with E-state index in [-0.39, 0.29) is 29.8 Å². The van der Waals surface area contributed by atoms with Gasteiger partial charge >= 0.3 is 0 Å². The zero-order valence-corrected chi connectivity index (χ0v) is 10.6. The molecule has 0 bridgehead atoms. The smallest absolute Gasteiger partial charge is 0.141 e. The Hall–Kier alpha value is -0.0800. The average Bonchev–Trinajstić information content (AvgIpc) is 1.97. The van der Waals surface area contributed by atoms with Gasteiger partial charge in [0, 0.05) is 30.5 Å². The highest BCUT2D eigenvalue weighted by atomic mass is 35.5. The summed E-state index contributed by atoms with van der Waals surface area (Å²) in [7, 11) is 0. The normalized spacial score (nSPS) is 29.9. The third kappa shape index (κ3) is 2.96. The zero-order valence-electron chi connectivity index (χ0n) is 9.83. The fourth-order valence-electron chi connectivity index (χ4n) is 1.95. The van der Waals surface area contributed by atoms with Gasteiger partial charge in [0.15, 0.2) is 0 Å². The second-order valence-corrected chi connectivity index (χ2v) is 5.28. The molecule has 0 aromatic carbocycles. The fraction of sp³-hybridized carbons (Fsp3) is 0.909. The van der Waals surface area contributed by atoms with Crippen LogP contribution in [0.3, 0.4) is 0 Å². The lowest BCUT2D eigenvalue weighted by atomic mass is 9.87. The molecule has 1 aliphatic heterocycles. The van der Waals surface area contributed by atoms with Crippen LogP contribution in [-0.2, 0) is 4.79 Å². The summed E-state index contributed by atoms with van der Waals surface area (Å²) in [6.07, 6.45) is 0. The minimum Gasteiger partial charge on any atom is -0.299 e. The van der Waals surface area contributed by atoms with Crippen LogP contribution in [0.15, 0.2) is 0 Å². The predicted molar refractivity (Wildman–Crippen MR) is 61.9 cm³/mol. The minimum absolute atomic E-state index is 0. The Kier molecular flexibility index (Phi) is 4.60. The molecule has 0 spiro atoms. The quantitative estimate of drug-likeness (QED) is 0.624. The number of likely N-dealkylation sites (tertiary alicyclic amines) is 1. The molecule has 0 aromatic rings. The number of nitrogens with zero attached hydrogens (tertiary/aromatic N) is 1. The van der Waals surface area contributed by atoms with Crippen molar-refractivity contribution in [2.75, 3.05) is 13.1 Å². The summed E-state index contributed by atoms with van der Waals surface area (Å²) in [6.45, 7) is 12.6. The van der Waals surface area contributed by atoms with E-state index in [2.05, 4.69) is 25.7 Å². The van der Waals surface area contributed by atoms with Crippen LogP contribution < -0.4 is 0 Å². The van der Waals surface area contributed by atoms with Gasteiger partial charge < -0.3 is 0 Å². The van der Waals surface area contributed by atoms with E-state index in [1.807, 2.05) is 13.8 Å². The number of Topliss-reactive ketones (excluding diaryl/α,β-unsaturated/α-hetero) is 1. The largest absolute Gasteiger partial charge is 0.299 e. The van der Waals surface area contributed by atoms with Gasteiger partial charge in [0.05, 0.1) is 0 Å². The summed E-state index contributed by atoms with van der Waals surface area (Å²) < 4.78 is 0. The first-order valence-corrected chi connectivity index (χ1v) is 5.11. The molecule has 2 nitrogen and oxygen atoms in total. The van der Waals surface area contributed by atoms with E-state index in [1.54, 1.807) is 0 Å². The van der Waals surface area contributed by atoms with Crippen molar-refractivity contribution in [3.8, 4) is 0 Å². The standard InChI is InChI=1S/C11H21NO.ClH/c1-8-6-12(11(3,4)5)7-9(2)10(8)13;/h8-9H,6-7H2,1-5H3;1H/t8-,9+;. The lowest BCUT2D eigenvalue weighted by Gasteiger charge is -2.42. The first-order valence-electron chi connectivity index (χ1n) is 5.11. The molecular weight excluding hydrogens is 198 g/mol. The van der Waals surface area contributed by atoms with Crippen molar-refractivity contribution < 1.29 is 4.79 Å². The Morgan fingerprint density at radius 2 is 1.50 bits per heavy atom. The molecular formula is C11H22ClNO. The molecule has 0 radical (unpaired) electrons. The summed E-state index contributed by atoms with van der Waals surface area (Å²) in [5.41, 5.74) is 0.198. The van der Waals surface area contributed by atoms with Crippen molar-refractivity contribution in [3.63, 3.8) is 0 Å². The summed E-state index contributed by atoms with van der Waals surface area (Å²) in [5.74, 6) is 0.853. The van der Waals surface area contributed by atoms with E-state index in [1.165, 1.54) is 0 Å². The van der Waals surface area contributed by atoms with E-state index in [0.717, 1.165) is 13.1 Å². The van der Waals surface area contributed by atoms with E-state index >= 15 is 0 Å². The fourth-order valence-corrected chi connectivity index (χ4v) is 1.95. The van der Waals surface area contributed by atoms with Gasteiger partial charge in [-0.1, -0.05) is 13.8 Å². The van der Waals surface area contributed by atoms with Crippen molar-refractivity contribution in [1.29, 1.82) is 0 Å². The molecule has 84 valence electrons. The molecule has 0 amide bonds. The SMILES string of the molecule is C[C@@H]1CN(C(C)(C)C)C[C@H](C)C1=O.Cl. The number of piperidine rings is 1. The number of carbonyl (C=O) groups excluding carboxylic acids is 1. The third-order valence-electron chi connectivity index (χ3n) is 2.91. The molecule has 1 heterocycles. The summed E-state index contributed by atoms with van der Waals surface area (Å²) >= 11 is 0. The van der Waals surface area contributed by atoms with Gasteiger partial charge in [-0.25, -0.2) is 0 Å². The van der Waals surface area contributed by atoms with Crippen molar-refractivity contribution in [2.24, 2.45) is 11.8 Å². The maximum Gasteiger partial charge on any atom is 0.141 e. The molecule has 1 saturated heterocycles. The number of rotatable bonds is 0. The van der Waals surface area contributed by atoms with Gasteiger partial charge in [-0.15, -0.1) is 12.4 Å². The summed E-state index contributed by atoms with van der Waals surface area (Å²) in [5, 5.41) is 0. The molecule has 0 aromatic heterocycles. The lowest BCUT2D eigenvalue weighted by Crippen LogP contribution is -2.52. The van der Waals surface area contributed by atoms with Gasteiger partial charge in [-0.3, -0.25) is 9.69 Å². The highest BCUT2D eigenvalue weighted by molar-refractivity contribution is 5.85. The molecule has 0 saturated carbocycles. The molecule has 1 aliphatic rings. The Labute approximate surface area is 93.5 Å². The van der Waals surface area contributed by atoms with Crippen LogP contribution in [-0.4, -0.2) is 29.3 Å². The Morgan fingerprint density at radius 3 is 1.79 bits per heavy atom. The molecule has 1 rings (SSSR count). The van der Waals surface area contributed by atoms with Crippen LogP contribution >= 0.6 is 12.4 Å². The average molecular weight is 220 g/mol. The molecule has 0 N–H and O–H groups in total. The first-order chi connectivity index (χ1) is 5.82. The van der Waals surface area contributed by atoms with E-state index < -0.39 is 0 Å². The van der Waals surface area contributed by atoms with Gasteiger partial charge in [0.2, 0.25) is 0 Å². The van der Waals surface area contributed by atoms with Crippen molar-refractivity contribution >= 4 is 18.2 Å². The molecule has 1 fully saturated rings. The van der Waals surface area contributed by atoms with Crippen LogP contribution in [0.25, 0.3) is 0 Å². The minimum atomic E-state index is 0. The molecule has 3 heteroatoms. The first kappa shape index (κ1) is 13.9. The Bertz CT molecular complexity index is 196. The van der Waals surface area contributed by atoms with Gasteiger partial charge in [0.25, 0.3) is 0 Å². The van der Waals surface area contributed by atoms with Crippen molar-refractivity contribution in [2.45, 2.75) is 40.2 Å². The summed E-state index contributed by atoms with van der Waals surface area (Å²) in [6, 6.07) is 0. The molecule has 0 aliphatic carbocycles. The van der Waals surface area contributed by atoms with Gasteiger partial charge in [-0.2, -0.15) is 0 Å². The van der Waals surface area contributed by atoms with Crippen LogP contribution in [0.2, 0.25) is 0 Å². The number of carbonyl (C=O) groups is 1. The van der Waals surface area contributed by atoms with E-state index in [0.29, 0.717) is 5.78 Å². The second-order valence-electron chi connectivity index (χ2n) is 5.28. The zero-order chi connectivity index (χ0) is 10.2. The van der Waals surface area contributed by atoms with Crippen LogP contribution in [0, 0.1) is 11.8 Å². The number of halogens is 1. The topological polar surface area (TPSA) is 20.3 Å². The lowest BCUT2D eigenvalue weighted by molar-refractivity contribution is -0.131. The van der Waals surface area contributed by atoms with E-state index in [9.17, 15) is 4.79 Å². The van der Waals surface area contributed by atoms with Gasteiger partial charge in [0.1, 0.15) is 5.78 Å². The number of hydrogen-bond acceptors (Lipinski definition) is 2. The van der Waals surface area contributed by atoms with Gasteiger partial charge in [-0.05, 0) is 20.8 Å². The number of hydrogen-bond donors (Lipinski definition) is 0. The Balaban J connectivity index is 0.00000169. The Morgan fingerprint density at radius 1 is 1.14 bits per heavy atom. The maximum absolute atomic E-state index is 11.6. The van der Waals surface area contributed by atoms with Crippen molar-refractivity contribution in [3.05, 3.63) is 0 Å². The van der Waals surface area contributed by atoms with Crippen LogP contribution in [0.4, 0.5) is 0 Å². The maximum atomic E-state index is 11.6. The molecule has 14 heavy (non-hydrogen) atoms. The highest BCUT2D eigenvalue weighted by Gasteiger charge is 2.34. The highest BCUT2D eigenvalue weighted by Crippen LogP contribution is 2.24. The third-order valence-corrected chi connectivity index (χ3v) is 2.91. The molecule has 0 unspecified atom stereocenters. The molecule has 2 atom stereocenters. The number of ketones is 1. The van der Waals surface area contributed by atoms with Crippen molar-refractivity contribution in [1.82, 2.24) is 4.90 Å². The van der Waals surface area contributed by atoms with E-state index in [4.69, 9.17) is 0 Å². The van der Waals surface area contributed by atoms with Crippen LogP contribution in [0.1, 0.15) is 34.6 Å². The summed E-state index contributed by atoms with van der Waals surface area (Å²) in [4.78, 5) is 14.0. The monoisotopic (exact) mass is 219 g/mol.